The minimum Gasteiger partial charge on any atom is -0.497 e. The van der Waals surface area contributed by atoms with Gasteiger partial charge in [-0.3, -0.25) is 10.2 Å². The number of hydrogen-bond acceptors (Lipinski definition) is 4. The summed E-state index contributed by atoms with van der Waals surface area (Å²) in [6.45, 7) is 0.582. The van der Waals surface area contributed by atoms with Crippen molar-refractivity contribution in [2.45, 2.75) is 31.2 Å². The Morgan fingerprint density at radius 1 is 0.973 bits per heavy atom. The highest BCUT2D eigenvalue weighted by atomic mass is 16.5. The highest BCUT2D eigenvalue weighted by molar-refractivity contribution is 5.90. The van der Waals surface area contributed by atoms with Crippen LogP contribution in [0.5, 0.6) is 5.75 Å². The summed E-state index contributed by atoms with van der Waals surface area (Å²) in [5.74, 6) is -1.42. The molecule has 3 rings (SSSR count). The van der Waals surface area contributed by atoms with Gasteiger partial charge in [0, 0.05) is 13.1 Å². The van der Waals surface area contributed by atoms with E-state index in [1.165, 1.54) is 4.90 Å². The number of rotatable bonds is 13. The molecule has 0 spiro atoms. The molecule has 8 heteroatoms. The lowest BCUT2D eigenvalue weighted by atomic mass is 9.89. The van der Waals surface area contributed by atoms with E-state index in [4.69, 9.17) is 15.9 Å². The van der Waals surface area contributed by atoms with Gasteiger partial charge in [0.25, 0.3) is 0 Å². The van der Waals surface area contributed by atoms with Crippen molar-refractivity contribution in [2.24, 2.45) is 5.73 Å². The number of amides is 1. The molecule has 0 saturated carbocycles. The summed E-state index contributed by atoms with van der Waals surface area (Å²) in [6.07, 6.45) is 1.14. The Balaban J connectivity index is 1.94. The van der Waals surface area contributed by atoms with Gasteiger partial charge in [-0.15, -0.1) is 0 Å². The summed E-state index contributed by atoms with van der Waals surface area (Å²) < 4.78 is 5.23. The van der Waals surface area contributed by atoms with Gasteiger partial charge in [0.1, 0.15) is 11.8 Å². The Bertz CT molecular complexity index is 1110. The number of methoxy groups -OCH3 is 1. The van der Waals surface area contributed by atoms with Crippen LogP contribution in [-0.2, 0) is 16.0 Å². The molecule has 1 amide bonds. The normalized spacial score (nSPS) is 11.5. The predicted molar refractivity (Wildman–Crippen MR) is 144 cm³/mol. The van der Waals surface area contributed by atoms with Crippen molar-refractivity contribution in [1.82, 2.24) is 10.2 Å². The molecule has 0 aliphatic carbocycles. The molecule has 8 nitrogen and oxygen atoms in total. The first-order valence-electron chi connectivity index (χ1n) is 12.2. The standard InChI is InChI=1S/C29H34N4O4/c1-37-24-16-14-21(15-17-24)18-20-33(25(28(35)36)13-8-19-32-29(30)31)27(34)26(22-9-4-2-5-10-22)23-11-6-3-7-12-23/h2-7,9-12,14-17,25-26H,8,13,18-20H2,1H3,(H,35,36)(H4,30,31,32). The minimum absolute atomic E-state index is 0.174. The van der Waals surface area contributed by atoms with Crippen LogP contribution in [0, 0.1) is 5.41 Å². The summed E-state index contributed by atoms with van der Waals surface area (Å²) >= 11 is 0. The second kappa shape index (κ2) is 13.7. The number of nitrogens with one attached hydrogen (secondary N) is 2. The fourth-order valence-corrected chi connectivity index (χ4v) is 4.33. The molecule has 194 valence electrons. The SMILES string of the molecule is COc1ccc(CCN(C(=O)C(c2ccccc2)c2ccccc2)C(CCCNC(=N)N)C(=O)O)cc1. The third-order valence-electron chi connectivity index (χ3n) is 6.23. The number of nitrogens with zero attached hydrogens (tertiary/aromatic N) is 1. The number of carboxylic acids is 1. The van der Waals surface area contributed by atoms with Crippen molar-refractivity contribution in [3.8, 4) is 5.75 Å². The molecule has 0 saturated heterocycles. The Kier molecular flexibility index (Phi) is 10.1. The van der Waals surface area contributed by atoms with Crippen LogP contribution in [0.4, 0.5) is 0 Å². The Labute approximate surface area is 217 Å². The fourth-order valence-electron chi connectivity index (χ4n) is 4.33. The van der Waals surface area contributed by atoms with E-state index in [1.807, 2.05) is 84.9 Å². The number of carboxylic acid groups (broad SMARTS) is 1. The highest BCUT2D eigenvalue weighted by Crippen LogP contribution is 2.29. The van der Waals surface area contributed by atoms with E-state index in [1.54, 1.807) is 7.11 Å². The van der Waals surface area contributed by atoms with Gasteiger partial charge in [0.05, 0.1) is 13.0 Å². The van der Waals surface area contributed by atoms with Crippen molar-refractivity contribution in [3.63, 3.8) is 0 Å². The number of benzene rings is 3. The Morgan fingerprint density at radius 3 is 2.03 bits per heavy atom. The molecule has 0 aliphatic heterocycles. The molecule has 3 aromatic rings. The van der Waals surface area contributed by atoms with E-state index in [9.17, 15) is 14.7 Å². The van der Waals surface area contributed by atoms with Gasteiger partial charge in [0.2, 0.25) is 5.91 Å². The van der Waals surface area contributed by atoms with Crippen molar-refractivity contribution in [1.29, 1.82) is 5.41 Å². The van der Waals surface area contributed by atoms with Crippen molar-refractivity contribution < 1.29 is 19.4 Å². The molecule has 1 atom stereocenters. The lowest BCUT2D eigenvalue weighted by Crippen LogP contribution is -2.48. The summed E-state index contributed by atoms with van der Waals surface area (Å²) in [7, 11) is 1.60. The lowest BCUT2D eigenvalue weighted by molar-refractivity contribution is -0.151. The maximum Gasteiger partial charge on any atom is 0.326 e. The predicted octanol–water partition coefficient (Wildman–Crippen LogP) is 3.61. The van der Waals surface area contributed by atoms with Crippen LogP contribution in [-0.4, -0.2) is 54.1 Å². The van der Waals surface area contributed by atoms with Crippen molar-refractivity contribution in [3.05, 3.63) is 102 Å². The van der Waals surface area contributed by atoms with Gasteiger partial charge >= 0.3 is 5.97 Å². The number of nitrogens with two attached hydrogens (primary N) is 1. The number of hydrogen-bond donors (Lipinski definition) is 4. The van der Waals surface area contributed by atoms with Crippen molar-refractivity contribution in [2.75, 3.05) is 20.2 Å². The lowest BCUT2D eigenvalue weighted by Gasteiger charge is -2.33. The number of aliphatic carboxylic acids is 1. The molecule has 5 N–H and O–H groups in total. The van der Waals surface area contributed by atoms with Crippen LogP contribution >= 0.6 is 0 Å². The summed E-state index contributed by atoms with van der Waals surface area (Å²) in [6, 6.07) is 25.4. The summed E-state index contributed by atoms with van der Waals surface area (Å²) in [5, 5.41) is 20.2. The summed E-state index contributed by atoms with van der Waals surface area (Å²) in [5.41, 5.74) is 7.93. The van der Waals surface area contributed by atoms with E-state index in [0.717, 1.165) is 22.4 Å². The quantitative estimate of drug-likeness (QED) is 0.161. The van der Waals surface area contributed by atoms with Gasteiger partial charge in [-0.1, -0.05) is 72.8 Å². The summed E-state index contributed by atoms with van der Waals surface area (Å²) in [4.78, 5) is 28.2. The molecule has 1 unspecified atom stereocenters. The van der Waals surface area contributed by atoms with E-state index in [-0.39, 0.29) is 24.8 Å². The van der Waals surface area contributed by atoms with E-state index in [2.05, 4.69) is 5.32 Å². The minimum atomic E-state index is -1.06. The molecule has 0 aliphatic rings. The zero-order valence-corrected chi connectivity index (χ0v) is 21.0. The average Bonchev–Trinajstić information content (AvgIpc) is 2.91. The monoisotopic (exact) mass is 502 g/mol. The van der Waals surface area contributed by atoms with Gasteiger partial charge in [-0.05, 0) is 48.1 Å². The molecule has 0 heterocycles. The van der Waals surface area contributed by atoms with Gasteiger partial charge < -0.3 is 25.8 Å². The van der Waals surface area contributed by atoms with Gasteiger partial charge in [0.15, 0.2) is 5.96 Å². The topological polar surface area (TPSA) is 129 Å². The molecular formula is C29H34N4O4. The van der Waals surface area contributed by atoms with Crippen LogP contribution in [0.15, 0.2) is 84.9 Å². The van der Waals surface area contributed by atoms with Crippen LogP contribution < -0.4 is 15.8 Å². The fraction of sp³-hybridized carbons (Fsp3) is 0.276. The first-order chi connectivity index (χ1) is 17.9. The number of ether oxygens (including phenoxy) is 1. The van der Waals surface area contributed by atoms with E-state index < -0.39 is 17.9 Å². The zero-order chi connectivity index (χ0) is 26.6. The van der Waals surface area contributed by atoms with Crippen LogP contribution in [0.3, 0.4) is 0 Å². The van der Waals surface area contributed by atoms with Gasteiger partial charge in [-0.2, -0.15) is 0 Å². The third-order valence-corrected chi connectivity index (χ3v) is 6.23. The third kappa shape index (κ3) is 7.83. The Hall–Kier alpha value is -4.33. The maximum atomic E-state index is 14.2. The van der Waals surface area contributed by atoms with E-state index in [0.29, 0.717) is 19.4 Å². The smallest absolute Gasteiger partial charge is 0.326 e. The average molecular weight is 503 g/mol. The first-order valence-corrected chi connectivity index (χ1v) is 12.2. The molecule has 0 aromatic heterocycles. The molecule has 0 bridgehead atoms. The van der Waals surface area contributed by atoms with Crippen LogP contribution in [0.2, 0.25) is 0 Å². The number of guanidine groups is 1. The molecule has 0 fully saturated rings. The molecule has 0 radical (unpaired) electrons. The van der Waals surface area contributed by atoms with E-state index >= 15 is 0 Å². The maximum absolute atomic E-state index is 14.2. The van der Waals surface area contributed by atoms with Gasteiger partial charge in [-0.25, -0.2) is 4.79 Å². The number of carbonyl (C=O) groups excluding carboxylic acids is 1. The Morgan fingerprint density at radius 2 is 1.54 bits per heavy atom. The van der Waals surface area contributed by atoms with Crippen LogP contribution in [0.25, 0.3) is 0 Å². The van der Waals surface area contributed by atoms with Crippen molar-refractivity contribution >= 4 is 17.8 Å². The molecule has 37 heavy (non-hydrogen) atoms. The molecule has 3 aromatic carbocycles. The zero-order valence-electron chi connectivity index (χ0n) is 21.0. The van der Waals surface area contributed by atoms with Crippen LogP contribution in [0.1, 0.15) is 35.4 Å². The first kappa shape index (κ1) is 27.3. The number of carbonyl (C=O) groups is 2. The largest absolute Gasteiger partial charge is 0.497 e. The second-order valence-electron chi connectivity index (χ2n) is 8.72. The highest BCUT2D eigenvalue weighted by Gasteiger charge is 2.34. The molecular weight excluding hydrogens is 468 g/mol. The second-order valence-corrected chi connectivity index (χ2v) is 8.72.